The maximum absolute atomic E-state index is 13.4. The van der Waals surface area contributed by atoms with E-state index in [1.807, 2.05) is 73.1 Å². The van der Waals surface area contributed by atoms with Gasteiger partial charge in [-0.1, -0.05) is 36.4 Å². The molecule has 47 heavy (non-hydrogen) atoms. The van der Waals surface area contributed by atoms with Crippen molar-refractivity contribution in [3.8, 4) is 22.3 Å². The Morgan fingerprint density at radius 1 is 0.723 bits per heavy atom. The highest BCUT2D eigenvalue weighted by atomic mass is 16.3. The molecule has 2 aromatic carbocycles. The molecule has 0 unspecified atom stereocenters. The van der Waals surface area contributed by atoms with E-state index >= 15 is 0 Å². The number of H-pyrrole nitrogens is 2. The van der Waals surface area contributed by atoms with Crippen LogP contribution in [0.25, 0.3) is 44.3 Å². The number of pyridine rings is 2. The SMILES string of the molecule is CC(C)(O)c1cccc(-c2cnc3[nH]cc(CN(Cc4c[nH]c5ncc(-c6cccc(C(C)(C)O)c6)cc45)C(=O)CC(N)=O)c3c2)c1. The number of aliphatic hydroxyl groups is 2. The lowest BCUT2D eigenvalue weighted by molar-refractivity contribution is -0.136. The van der Waals surface area contributed by atoms with Crippen LogP contribution in [-0.4, -0.2) is 46.9 Å². The first kappa shape index (κ1) is 31.7. The lowest BCUT2D eigenvalue weighted by Gasteiger charge is -2.22. The Balaban J connectivity index is 1.34. The molecule has 0 bridgehead atoms. The second-order valence-electron chi connectivity index (χ2n) is 13.0. The number of fused-ring (bicyclic) bond motifs is 2. The smallest absolute Gasteiger partial charge is 0.232 e. The predicted molar refractivity (Wildman–Crippen MR) is 182 cm³/mol. The van der Waals surface area contributed by atoms with Gasteiger partial charge in [0.2, 0.25) is 11.8 Å². The Labute approximate surface area is 272 Å². The molecule has 6 rings (SSSR count). The van der Waals surface area contributed by atoms with Crippen molar-refractivity contribution in [3.63, 3.8) is 0 Å². The molecule has 6 aromatic rings. The summed E-state index contributed by atoms with van der Waals surface area (Å²) in [6.45, 7) is 7.39. The summed E-state index contributed by atoms with van der Waals surface area (Å²) in [6, 6.07) is 19.4. The Hall–Kier alpha value is -5.32. The van der Waals surface area contributed by atoms with Gasteiger partial charge in [0.1, 0.15) is 17.7 Å². The van der Waals surface area contributed by atoms with E-state index in [0.717, 1.165) is 55.3 Å². The molecule has 0 aliphatic rings. The van der Waals surface area contributed by atoms with Crippen LogP contribution in [0.4, 0.5) is 0 Å². The number of primary amides is 1. The molecule has 0 fully saturated rings. The summed E-state index contributed by atoms with van der Waals surface area (Å²) in [4.78, 5) is 42.6. The van der Waals surface area contributed by atoms with Crippen LogP contribution in [0.2, 0.25) is 0 Å². The van der Waals surface area contributed by atoms with Crippen LogP contribution in [0.3, 0.4) is 0 Å². The van der Waals surface area contributed by atoms with E-state index < -0.39 is 29.4 Å². The maximum atomic E-state index is 13.4. The zero-order valence-corrected chi connectivity index (χ0v) is 26.8. The van der Waals surface area contributed by atoms with Crippen LogP contribution >= 0.6 is 0 Å². The second-order valence-corrected chi connectivity index (χ2v) is 13.0. The van der Waals surface area contributed by atoms with Gasteiger partial charge in [-0.2, -0.15) is 0 Å². The number of aromatic nitrogens is 4. The lowest BCUT2D eigenvalue weighted by Crippen LogP contribution is -2.33. The van der Waals surface area contributed by atoms with Crippen LogP contribution < -0.4 is 5.73 Å². The molecule has 240 valence electrons. The van der Waals surface area contributed by atoms with E-state index in [-0.39, 0.29) is 13.1 Å². The van der Waals surface area contributed by atoms with Crippen LogP contribution in [0.15, 0.2) is 85.5 Å². The average molecular weight is 631 g/mol. The molecule has 0 aliphatic heterocycles. The first-order valence-electron chi connectivity index (χ1n) is 15.4. The van der Waals surface area contributed by atoms with Crippen LogP contribution in [0, 0.1) is 0 Å². The van der Waals surface area contributed by atoms with Crippen molar-refractivity contribution in [3.05, 3.63) is 108 Å². The molecule has 10 nitrogen and oxygen atoms in total. The predicted octanol–water partition coefficient (Wildman–Crippen LogP) is 5.63. The number of rotatable bonds is 10. The number of hydrogen-bond acceptors (Lipinski definition) is 6. The van der Waals surface area contributed by atoms with Crippen molar-refractivity contribution >= 4 is 33.9 Å². The van der Waals surface area contributed by atoms with Crippen molar-refractivity contribution in [2.45, 2.75) is 58.4 Å². The molecular formula is C37H38N6O4. The van der Waals surface area contributed by atoms with Crippen LogP contribution in [-0.2, 0) is 33.9 Å². The Bertz CT molecular complexity index is 1980. The third-order valence-corrected chi connectivity index (χ3v) is 8.44. The van der Waals surface area contributed by atoms with Gasteiger partial charge in [-0.3, -0.25) is 9.59 Å². The first-order chi connectivity index (χ1) is 22.3. The molecule has 0 radical (unpaired) electrons. The van der Waals surface area contributed by atoms with Crippen molar-refractivity contribution < 1.29 is 19.8 Å². The van der Waals surface area contributed by atoms with Gasteiger partial charge in [0.15, 0.2) is 0 Å². The summed E-state index contributed by atoms with van der Waals surface area (Å²) in [6.07, 6.45) is 6.77. The summed E-state index contributed by atoms with van der Waals surface area (Å²) in [7, 11) is 0. The number of amides is 2. The number of nitrogens with two attached hydrogens (primary N) is 1. The molecule has 4 aromatic heterocycles. The van der Waals surface area contributed by atoms with E-state index in [2.05, 4.69) is 19.9 Å². The number of nitrogens with one attached hydrogen (secondary N) is 2. The standard InChI is InChI=1S/C37H38N6O4/c1-36(2,46)28-9-5-7-22(11-28)24-13-30-26(18-41-34(30)39-16-24)20-43(33(45)15-32(38)44)21-27-19-42-35-31(27)14-25(17-40-35)23-8-6-10-29(12-23)37(3,4)47/h5-14,16-19,46-47H,15,20-21H2,1-4H3,(H2,38,44)(H,39,41)(H,40,42). The summed E-state index contributed by atoms with van der Waals surface area (Å²) >= 11 is 0. The molecule has 6 N–H and O–H groups in total. The number of hydrogen-bond donors (Lipinski definition) is 5. The summed E-state index contributed by atoms with van der Waals surface area (Å²) in [5.41, 5.74) is 11.6. The third-order valence-electron chi connectivity index (χ3n) is 8.44. The summed E-state index contributed by atoms with van der Waals surface area (Å²) in [5, 5.41) is 22.7. The van der Waals surface area contributed by atoms with Crippen molar-refractivity contribution in [2.75, 3.05) is 0 Å². The zero-order valence-electron chi connectivity index (χ0n) is 26.8. The number of nitrogens with zero attached hydrogens (tertiary/aromatic N) is 3. The van der Waals surface area contributed by atoms with E-state index in [0.29, 0.717) is 11.3 Å². The number of aromatic amines is 2. The fraction of sp³-hybridized carbons (Fsp3) is 0.243. The van der Waals surface area contributed by atoms with Gasteiger partial charge in [-0.05, 0) is 85.3 Å². The van der Waals surface area contributed by atoms with Gasteiger partial charge in [-0.15, -0.1) is 0 Å². The largest absolute Gasteiger partial charge is 0.386 e. The molecule has 0 saturated carbocycles. The minimum Gasteiger partial charge on any atom is -0.386 e. The van der Waals surface area contributed by atoms with Gasteiger partial charge < -0.3 is 30.8 Å². The fourth-order valence-corrected chi connectivity index (χ4v) is 5.76. The second kappa shape index (κ2) is 12.1. The third kappa shape index (κ3) is 6.79. The van der Waals surface area contributed by atoms with Crippen LogP contribution in [0.5, 0.6) is 0 Å². The lowest BCUT2D eigenvalue weighted by atomic mass is 9.94. The van der Waals surface area contributed by atoms with E-state index in [1.165, 1.54) is 0 Å². The highest BCUT2D eigenvalue weighted by Gasteiger charge is 2.22. The van der Waals surface area contributed by atoms with Gasteiger partial charge in [-0.25, -0.2) is 9.97 Å². The van der Waals surface area contributed by atoms with Crippen LogP contribution in [0.1, 0.15) is 56.4 Å². The molecule has 0 saturated heterocycles. The van der Waals surface area contributed by atoms with E-state index in [9.17, 15) is 19.8 Å². The van der Waals surface area contributed by atoms with Gasteiger partial charge in [0.05, 0.1) is 11.2 Å². The summed E-state index contributed by atoms with van der Waals surface area (Å²) < 4.78 is 0. The zero-order chi connectivity index (χ0) is 33.5. The molecule has 0 atom stereocenters. The minimum atomic E-state index is -0.993. The molecule has 0 aliphatic carbocycles. The fourth-order valence-electron chi connectivity index (χ4n) is 5.76. The Morgan fingerprint density at radius 3 is 1.57 bits per heavy atom. The average Bonchev–Trinajstić information content (AvgIpc) is 3.62. The quantitative estimate of drug-likeness (QED) is 0.123. The maximum Gasteiger partial charge on any atom is 0.232 e. The Kier molecular flexibility index (Phi) is 8.17. The number of carbonyl (C=O) groups excluding carboxylic acids is 2. The molecule has 0 spiro atoms. The normalized spacial score (nSPS) is 12.1. The molecule has 2 amide bonds. The monoisotopic (exact) mass is 630 g/mol. The molecule has 4 heterocycles. The minimum absolute atomic E-state index is 0.203. The number of benzene rings is 2. The van der Waals surface area contributed by atoms with Crippen molar-refractivity contribution in [1.82, 2.24) is 24.8 Å². The number of carbonyl (C=O) groups is 2. The van der Waals surface area contributed by atoms with E-state index in [4.69, 9.17) is 5.73 Å². The molecular weight excluding hydrogens is 592 g/mol. The Morgan fingerprint density at radius 2 is 1.17 bits per heavy atom. The van der Waals surface area contributed by atoms with Gasteiger partial charge >= 0.3 is 0 Å². The topological polar surface area (TPSA) is 161 Å². The van der Waals surface area contributed by atoms with Crippen molar-refractivity contribution in [2.24, 2.45) is 5.73 Å². The van der Waals surface area contributed by atoms with E-state index in [1.54, 1.807) is 45.0 Å². The van der Waals surface area contributed by atoms with Crippen molar-refractivity contribution in [1.29, 1.82) is 0 Å². The highest BCUT2D eigenvalue weighted by Crippen LogP contribution is 2.31. The molecule has 10 heteroatoms. The van der Waals surface area contributed by atoms with Gasteiger partial charge in [0, 0.05) is 59.8 Å². The van der Waals surface area contributed by atoms with Gasteiger partial charge in [0.25, 0.3) is 0 Å². The first-order valence-corrected chi connectivity index (χ1v) is 15.4. The highest BCUT2D eigenvalue weighted by molar-refractivity contribution is 5.96. The summed E-state index contributed by atoms with van der Waals surface area (Å²) in [5.74, 6) is -1.10.